The third kappa shape index (κ3) is 2.07. The van der Waals surface area contributed by atoms with E-state index >= 15 is 0 Å². The number of hydrogen-bond donors (Lipinski definition) is 1. The van der Waals surface area contributed by atoms with Crippen LogP contribution >= 0.6 is 12.6 Å². The molecule has 1 aliphatic heterocycles. The lowest BCUT2D eigenvalue weighted by Gasteiger charge is -2.30. The van der Waals surface area contributed by atoms with Gasteiger partial charge in [0.25, 0.3) is 0 Å². The maximum absolute atomic E-state index is 12.1. The van der Waals surface area contributed by atoms with Crippen LogP contribution in [0.25, 0.3) is 0 Å². The molecule has 0 aliphatic carbocycles. The quantitative estimate of drug-likeness (QED) is 0.769. The third-order valence-corrected chi connectivity index (χ3v) is 3.65. The largest absolute Gasteiger partial charge is 0.332 e. The van der Waals surface area contributed by atoms with E-state index in [4.69, 9.17) is 0 Å². The molecule has 5 nitrogen and oxygen atoms in total. The second kappa shape index (κ2) is 4.45. The predicted octanol–water partition coefficient (Wildman–Crippen LogP) is 0.575. The highest BCUT2D eigenvalue weighted by molar-refractivity contribution is 7.81. The first kappa shape index (κ1) is 11.4. The van der Waals surface area contributed by atoms with E-state index in [1.807, 2.05) is 23.3 Å². The fraction of sp³-hybridized carbons (Fsp3) is 0.700. The number of aromatic nitrogens is 3. The lowest BCUT2D eigenvalue weighted by Crippen LogP contribution is -2.43. The maximum atomic E-state index is 12.1. The van der Waals surface area contributed by atoms with E-state index in [2.05, 4.69) is 22.8 Å². The van der Waals surface area contributed by atoms with Crippen molar-refractivity contribution in [3.05, 3.63) is 12.2 Å². The van der Waals surface area contributed by atoms with Crippen molar-refractivity contribution >= 4 is 18.5 Å². The predicted molar refractivity (Wildman–Crippen MR) is 63.1 cm³/mol. The van der Waals surface area contributed by atoms with Gasteiger partial charge in [0.15, 0.2) is 5.82 Å². The summed E-state index contributed by atoms with van der Waals surface area (Å²) in [5.74, 6) is 1.19. The summed E-state index contributed by atoms with van der Waals surface area (Å²) in [6.45, 7) is 6.03. The molecule has 0 spiro atoms. The smallest absolute Gasteiger partial charge is 0.236 e. The minimum Gasteiger partial charge on any atom is -0.332 e. The van der Waals surface area contributed by atoms with Crippen molar-refractivity contribution in [3.8, 4) is 0 Å². The van der Waals surface area contributed by atoms with Gasteiger partial charge in [-0.05, 0) is 5.92 Å². The van der Waals surface area contributed by atoms with E-state index in [9.17, 15) is 4.79 Å². The van der Waals surface area contributed by atoms with Gasteiger partial charge in [0.2, 0.25) is 5.91 Å². The molecule has 1 aliphatic rings. The zero-order valence-electron chi connectivity index (χ0n) is 9.50. The molecular weight excluding hydrogens is 224 g/mol. The van der Waals surface area contributed by atoms with Crippen LogP contribution in [-0.2, 0) is 17.9 Å². The number of fused-ring (bicyclic) bond motifs is 1. The zero-order valence-corrected chi connectivity index (χ0v) is 10.4. The van der Waals surface area contributed by atoms with E-state index in [-0.39, 0.29) is 17.1 Å². The summed E-state index contributed by atoms with van der Waals surface area (Å²) in [5, 5.41) is 7.59. The summed E-state index contributed by atoms with van der Waals surface area (Å²) >= 11 is 4.35. The molecular formula is C10H16N4OS. The van der Waals surface area contributed by atoms with Crippen LogP contribution < -0.4 is 0 Å². The van der Waals surface area contributed by atoms with E-state index in [0.717, 1.165) is 12.4 Å². The van der Waals surface area contributed by atoms with Crippen molar-refractivity contribution in [3.63, 3.8) is 0 Å². The van der Waals surface area contributed by atoms with E-state index in [1.54, 1.807) is 6.33 Å². The zero-order chi connectivity index (χ0) is 11.7. The number of thiol groups is 1. The van der Waals surface area contributed by atoms with Crippen LogP contribution in [-0.4, -0.2) is 37.4 Å². The van der Waals surface area contributed by atoms with Crippen LogP contribution in [0.15, 0.2) is 6.33 Å². The Balaban J connectivity index is 2.06. The fourth-order valence-electron chi connectivity index (χ4n) is 1.73. The van der Waals surface area contributed by atoms with Gasteiger partial charge in [-0.25, -0.2) is 0 Å². The highest BCUT2D eigenvalue weighted by Gasteiger charge is 2.27. The van der Waals surface area contributed by atoms with Gasteiger partial charge >= 0.3 is 0 Å². The number of carbonyl (C=O) groups is 1. The SMILES string of the molecule is CC(C)C(S)C(=O)N1CCn2cnnc2C1. The Kier molecular flexibility index (Phi) is 3.18. The van der Waals surface area contributed by atoms with Crippen LogP contribution in [0.5, 0.6) is 0 Å². The van der Waals surface area contributed by atoms with Gasteiger partial charge in [0, 0.05) is 13.1 Å². The third-order valence-electron chi connectivity index (χ3n) is 2.83. The minimum atomic E-state index is -0.227. The molecule has 0 radical (unpaired) electrons. The van der Waals surface area contributed by atoms with Crippen molar-refractivity contribution in [1.29, 1.82) is 0 Å². The second-order valence-corrected chi connectivity index (χ2v) is 4.95. The monoisotopic (exact) mass is 240 g/mol. The van der Waals surface area contributed by atoms with Gasteiger partial charge in [-0.2, -0.15) is 12.6 Å². The number of rotatable bonds is 2. The Labute approximate surface area is 100 Å². The maximum Gasteiger partial charge on any atom is 0.236 e. The van der Waals surface area contributed by atoms with E-state index in [0.29, 0.717) is 13.1 Å². The molecule has 1 unspecified atom stereocenters. The molecule has 16 heavy (non-hydrogen) atoms. The van der Waals surface area contributed by atoms with E-state index < -0.39 is 0 Å². The summed E-state index contributed by atoms with van der Waals surface area (Å²) in [6.07, 6.45) is 1.71. The molecule has 2 heterocycles. The van der Waals surface area contributed by atoms with Crippen LogP contribution in [0.2, 0.25) is 0 Å². The Morgan fingerprint density at radius 3 is 2.94 bits per heavy atom. The Morgan fingerprint density at radius 2 is 2.25 bits per heavy atom. The van der Waals surface area contributed by atoms with Crippen molar-refractivity contribution in [2.75, 3.05) is 6.54 Å². The van der Waals surface area contributed by atoms with Crippen molar-refractivity contribution in [2.24, 2.45) is 5.92 Å². The summed E-state index contributed by atoms with van der Waals surface area (Å²) in [5.41, 5.74) is 0. The first-order valence-electron chi connectivity index (χ1n) is 5.43. The van der Waals surface area contributed by atoms with Crippen molar-refractivity contribution < 1.29 is 4.79 Å². The van der Waals surface area contributed by atoms with Crippen LogP contribution in [0, 0.1) is 5.92 Å². The Hall–Kier alpha value is -1.04. The summed E-state index contributed by atoms with van der Waals surface area (Å²) in [7, 11) is 0. The number of carbonyl (C=O) groups excluding carboxylic acids is 1. The molecule has 1 atom stereocenters. The summed E-state index contributed by atoms with van der Waals surface area (Å²) < 4.78 is 1.98. The molecule has 1 aromatic rings. The minimum absolute atomic E-state index is 0.0904. The highest BCUT2D eigenvalue weighted by Crippen LogP contribution is 2.16. The molecule has 0 bridgehead atoms. The number of nitrogens with zero attached hydrogens (tertiary/aromatic N) is 4. The second-order valence-electron chi connectivity index (χ2n) is 4.39. The van der Waals surface area contributed by atoms with Crippen LogP contribution in [0.1, 0.15) is 19.7 Å². The molecule has 0 aromatic carbocycles. The van der Waals surface area contributed by atoms with Crippen LogP contribution in [0.4, 0.5) is 0 Å². The van der Waals surface area contributed by atoms with Gasteiger partial charge < -0.3 is 9.47 Å². The molecule has 0 N–H and O–H groups in total. The molecule has 1 amide bonds. The van der Waals surface area contributed by atoms with Gasteiger partial charge in [-0.15, -0.1) is 10.2 Å². The molecule has 88 valence electrons. The lowest BCUT2D eigenvalue weighted by atomic mass is 10.1. The molecule has 6 heteroatoms. The Morgan fingerprint density at radius 1 is 1.50 bits per heavy atom. The molecule has 2 rings (SSSR count). The number of amides is 1. The Bertz CT molecular complexity index is 390. The summed E-state index contributed by atoms with van der Waals surface area (Å²) in [6, 6.07) is 0. The van der Waals surface area contributed by atoms with Gasteiger partial charge in [0.1, 0.15) is 6.33 Å². The van der Waals surface area contributed by atoms with Gasteiger partial charge in [0.05, 0.1) is 11.8 Å². The fourth-order valence-corrected chi connectivity index (χ4v) is 1.89. The first-order chi connectivity index (χ1) is 7.59. The average molecular weight is 240 g/mol. The number of hydrogen-bond acceptors (Lipinski definition) is 4. The van der Waals surface area contributed by atoms with Crippen LogP contribution in [0.3, 0.4) is 0 Å². The lowest BCUT2D eigenvalue weighted by molar-refractivity contribution is -0.132. The summed E-state index contributed by atoms with van der Waals surface area (Å²) in [4.78, 5) is 13.9. The molecule has 0 fully saturated rings. The normalized spacial score (nSPS) is 17.4. The standard InChI is InChI=1S/C10H16N4OS/c1-7(2)9(16)10(15)13-3-4-14-6-11-12-8(14)5-13/h6-7,9,16H,3-5H2,1-2H3. The topological polar surface area (TPSA) is 51.0 Å². The van der Waals surface area contributed by atoms with Gasteiger partial charge in [-0.3, -0.25) is 4.79 Å². The highest BCUT2D eigenvalue weighted by atomic mass is 32.1. The van der Waals surface area contributed by atoms with Gasteiger partial charge in [-0.1, -0.05) is 13.8 Å². The molecule has 0 saturated heterocycles. The average Bonchev–Trinajstić information content (AvgIpc) is 2.73. The van der Waals surface area contributed by atoms with Crippen molar-refractivity contribution in [2.45, 2.75) is 32.2 Å². The first-order valence-corrected chi connectivity index (χ1v) is 5.94. The van der Waals surface area contributed by atoms with E-state index in [1.165, 1.54) is 0 Å². The molecule has 0 saturated carbocycles. The molecule has 1 aromatic heterocycles. The van der Waals surface area contributed by atoms with Crippen molar-refractivity contribution in [1.82, 2.24) is 19.7 Å².